The Kier molecular flexibility index (Phi) is 4.79. The lowest BCUT2D eigenvalue weighted by Crippen LogP contribution is -2.80. The lowest BCUT2D eigenvalue weighted by molar-refractivity contribution is -0.177. The second-order valence-corrected chi connectivity index (χ2v) is 6.78. The van der Waals surface area contributed by atoms with Crippen molar-refractivity contribution < 1.29 is 24.6 Å². The maximum atomic E-state index is 12.4. The van der Waals surface area contributed by atoms with Crippen LogP contribution in [0.25, 0.3) is 0 Å². The van der Waals surface area contributed by atoms with Gasteiger partial charge >= 0.3 is 0 Å². The number of nitrogens with zero attached hydrogens (tertiary/aromatic N) is 2. The molecular weight excluding hydrogens is 302 g/mol. The molecule has 0 aromatic heterocycles. The molecule has 2 rings (SSSR count). The van der Waals surface area contributed by atoms with Crippen LogP contribution < -0.4 is 5.73 Å². The number of amides is 3. The Balaban J connectivity index is 2.32. The third-order valence-electron chi connectivity index (χ3n) is 4.94. The first-order valence-corrected chi connectivity index (χ1v) is 7.88. The van der Waals surface area contributed by atoms with Crippen molar-refractivity contribution in [3.05, 3.63) is 0 Å². The van der Waals surface area contributed by atoms with Gasteiger partial charge in [0.05, 0.1) is 24.3 Å². The summed E-state index contributed by atoms with van der Waals surface area (Å²) in [4.78, 5) is 39.1. The predicted molar refractivity (Wildman–Crippen MR) is 80.9 cm³/mol. The highest BCUT2D eigenvalue weighted by molar-refractivity contribution is 5.99. The van der Waals surface area contributed by atoms with E-state index >= 15 is 0 Å². The van der Waals surface area contributed by atoms with Gasteiger partial charge in [0.25, 0.3) is 0 Å². The minimum Gasteiger partial charge on any atom is -0.395 e. The maximum Gasteiger partial charge on any atom is 0.237 e. The van der Waals surface area contributed by atoms with E-state index in [2.05, 4.69) is 0 Å². The molecule has 1 spiro atoms. The molecule has 4 atom stereocenters. The fourth-order valence-corrected chi connectivity index (χ4v) is 3.83. The van der Waals surface area contributed by atoms with Crippen LogP contribution in [-0.2, 0) is 14.4 Å². The van der Waals surface area contributed by atoms with Gasteiger partial charge in [0.15, 0.2) is 0 Å². The average Bonchev–Trinajstić information content (AvgIpc) is 2.76. The Morgan fingerprint density at radius 1 is 1.39 bits per heavy atom. The van der Waals surface area contributed by atoms with Crippen molar-refractivity contribution in [2.75, 3.05) is 13.2 Å². The molecule has 3 amide bonds. The normalized spacial score (nSPS) is 30.6. The highest BCUT2D eigenvalue weighted by Crippen LogP contribution is 2.45. The van der Waals surface area contributed by atoms with Crippen molar-refractivity contribution >= 4 is 17.7 Å². The van der Waals surface area contributed by atoms with Crippen LogP contribution >= 0.6 is 0 Å². The molecule has 0 aliphatic carbocycles. The van der Waals surface area contributed by atoms with E-state index in [0.717, 1.165) is 0 Å². The summed E-state index contributed by atoms with van der Waals surface area (Å²) in [7, 11) is 0. The molecule has 0 bridgehead atoms. The first-order valence-electron chi connectivity index (χ1n) is 7.88. The van der Waals surface area contributed by atoms with Crippen LogP contribution in [0.15, 0.2) is 0 Å². The monoisotopic (exact) mass is 327 g/mol. The molecule has 8 heteroatoms. The van der Waals surface area contributed by atoms with Crippen LogP contribution in [0.4, 0.5) is 0 Å². The molecule has 2 heterocycles. The fraction of sp³-hybridized carbons (Fsp3) is 0.800. The van der Waals surface area contributed by atoms with E-state index in [-0.39, 0.29) is 37.3 Å². The summed E-state index contributed by atoms with van der Waals surface area (Å²) in [5.41, 5.74) is 4.54. The SMILES string of the molecule is CC(C)C(=O)N1C(=O)CCC12CN([C@H](C(N)=O)[C@@H](C)O)C2CO. The molecular formula is C15H25N3O5. The van der Waals surface area contributed by atoms with Crippen LogP contribution in [0.5, 0.6) is 0 Å². The Bertz CT molecular complexity index is 521. The van der Waals surface area contributed by atoms with Crippen molar-refractivity contribution in [1.82, 2.24) is 9.80 Å². The first-order chi connectivity index (χ1) is 10.7. The maximum absolute atomic E-state index is 12.4. The summed E-state index contributed by atoms with van der Waals surface area (Å²) < 4.78 is 0. The van der Waals surface area contributed by atoms with Gasteiger partial charge in [-0.15, -0.1) is 0 Å². The Morgan fingerprint density at radius 3 is 2.43 bits per heavy atom. The third-order valence-corrected chi connectivity index (χ3v) is 4.94. The van der Waals surface area contributed by atoms with E-state index in [1.165, 1.54) is 11.8 Å². The topological polar surface area (TPSA) is 124 Å². The number of rotatable bonds is 5. The minimum atomic E-state index is -1.01. The molecule has 23 heavy (non-hydrogen) atoms. The highest BCUT2D eigenvalue weighted by atomic mass is 16.3. The van der Waals surface area contributed by atoms with Crippen LogP contribution in [0.1, 0.15) is 33.6 Å². The molecule has 2 unspecified atom stereocenters. The molecule has 0 saturated carbocycles. The summed E-state index contributed by atoms with van der Waals surface area (Å²) in [6, 6.07) is -1.55. The number of carbonyl (C=O) groups excluding carboxylic acids is 3. The summed E-state index contributed by atoms with van der Waals surface area (Å²) in [5.74, 6) is -1.57. The van der Waals surface area contributed by atoms with Gasteiger partial charge in [0, 0.05) is 18.9 Å². The quantitative estimate of drug-likeness (QED) is 0.561. The predicted octanol–water partition coefficient (Wildman–Crippen LogP) is -1.56. The number of hydrogen-bond acceptors (Lipinski definition) is 6. The van der Waals surface area contributed by atoms with E-state index in [9.17, 15) is 24.6 Å². The molecule has 0 radical (unpaired) electrons. The number of imide groups is 1. The molecule has 130 valence electrons. The summed E-state index contributed by atoms with van der Waals surface area (Å²) in [5, 5.41) is 19.6. The van der Waals surface area contributed by atoms with Crippen LogP contribution in [0.3, 0.4) is 0 Å². The number of primary amides is 1. The number of likely N-dealkylation sites (tertiary alicyclic amines) is 2. The standard InChI is InChI=1S/C15H25N3O5/c1-8(2)14(23)18-11(21)4-5-15(18)7-17(10(15)6-19)12(9(3)20)13(16)22/h8-10,12,19-20H,4-7H2,1-3H3,(H2,16,22)/t9-,10?,12+,15?/m1/s1. The average molecular weight is 327 g/mol. The number of aliphatic hydroxyl groups is 2. The molecule has 2 aliphatic rings. The molecule has 8 nitrogen and oxygen atoms in total. The number of aliphatic hydroxyl groups excluding tert-OH is 2. The number of hydrogen-bond donors (Lipinski definition) is 3. The van der Waals surface area contributed by atoms with Gasteiger partial charge in [-0.05, 0) is 13.3 Å². The minimum absolute atomic E-state index is 0.235. The van der Waals surface area contributed by atoms with Crippen molar-refractivity contribution in [3.63, 3.8) is 0 Å². The van der Waals surface area contributed by atoms with Gasteiger partial charge in [0.1, 0.15) is 6.04 Å². The van der Waals surface area contributed by atoms with Crippen LogP contribution in [0, 0.1) is 5.92 Å². The summed E-state index contributed by atoms with van der Waals surface area (Å²) in [6.07, 6.45) is -0.332. The smallest absolute Gasteiger partial charge is 0.237 e. The number of carbonyl (C=O) groups is 3. The number of nitrogens with two attached hydrogens (primary N) is 1. The van der Waals surface area contributed by atoms with Crippen molar-refractivity contribution in [2.45, 2.75) is 57.3 Å². The summed E-state index contributed by atoms with van der Waals surface area (Å²) >= 11 is 0. The van der Waals surface area contributed by atoms with Crippen molar-refractivity contribution in [2.24, 2.45) is 11.7 Å². The zero-order chi connectivity index (χ0) is 17.5. The third kappa shape index (κ3) is 2.64. The Hall–Kier alpha value is -1.51. The van der Waals surface area contributed by atoms with Crippen molar-refractivity contribution in [3.8, 4) is 0 Å². The first kappa shape index (κ1) is 17.8. The van der Waals surface area contributed by atoms with E-state index in [0.29, 0.717) is 6.42 Å². The lowest BCUT2D eigenvalue weighted by atomic mass is 9.75. The van der Waals surface area contributed by atoms with Crippen LogP contribution in [0.2, 0.25) is 0 Å². The van der Waals surface area contributed by atoms with E-state index in [1.54, 1.807) is 18.7 Å². The largest absolute Gasteiger partial charge is 0.395 e. The Morgan fingerprint density at radius 2 is 2.00 bits per heavy atom. The zero-order valence-corrected chi connectivity index (χ0v) is 13.7. The molecule has 2 fully saturated rings. The van der Waals surface area contributed by atoms with Gasteiger partial charge in [-0.2, -0.15) is 0 Å². The molecule has 0 aromatic carbocycles. The van der Waals surface area contributed by atoms with E-state index < -0.39 is 29.6 Å². The molecule has 4 N–H and O–H groups in total. The Labute approximate surface area is 135 Å². The van der Waals surface area contributed by atoms with E-state index in [4.69, 9.17) is 5.73 Å². The van der Waals surface area contributed by atoms with Crippen LogP contribution in [-0.4, -0.2) is 74.6 Å². The zero-order valence-electron chi connectivity index (χ0n) is 13.7. The van der Waals surface area contributed by atoms with E-state index in [1.807, 2.05) is 0 Å². The van der Waals surface area contributed by atoms with Gasteiger partial charge in [-0.3, -0.25) is 24.2 Å². The van der Waals surface area contributed by atoms with Gasteiger partial charge in [0.2, 0.25) is 17.7 Å². The van der Waals surface area contributed by atoms with Gasteiger partial charge in [-0.1, -0.05) is 13.8 Å². The highest BCUT2D eigenvalue weighted by Gasteiger charge is 2.64. The lowest BCUT2D eigenvalue weighted by Gasteiger charge is -2.60. The molecule has 2 saturated heterocycles. The summed E-state index contributed by atoms with van der Waals surface area (Å²) in [6.45, 7) is 4.79. The second-order valence-electron chi connectivity index (χ2n) is 6.78. The van der Waals surface area contributed by atoms with Crippen molar-refractivity contribution in [1.29, 1.82) is 0 Å². The fourth-order valence-electron chi connectivity index (χ4n) is 3.83. The molecule has 0 aromatic rings. The second kappa shape index (κ2) is 6.18. The molecule has 2 aliphatic heterocycles. The van der Waals surface area contributed by atoms with Gasteiger partial charge < -0.3 is 15.9 Å². The van der Waals surface area contributed by atoms with Gasteiger partial charge in [-0.25, -0.2) is 0 Å².